The SMILES string of the molecule is CN1CCN(C(=N)NCc2ccc(OCCCI)c(Br)c2)CC1. The van der Waals surface area contributed by atoms with E-state index in [4.69, 9.17) is 10.1 Å². The number of benzene rings is 1. The lowest BCUT2D eigenvalue weighted by Crippen LogP contribution is -2.50. The lowest BCUT2D eigenvalue weighted by Gasteiger charge is -2.34. The summed E-state index contributed by atoms with van der Waals surface area (Å²) in [5, 5.41) is 11.4. The van der Waals surface area contributed by atoms with Crippen LogP contribution in [-0.4, -0.2) is 60.0 Å². The van der Waals surface area contributed by atoms with Gasteiger partial charge in [-0.05, 0) is 47.1 Å². The Kier molecular flexibility index (Phi) is 7.91. The molecule has 5 nitrogen and oxygen atoms in total. The van der Waals surface area contributed by atoms with E-state index in [9.17, 15) is 0 Å². The first-order valence-electron chi connectivity index (χ1n) is 7.83. The summed E-state index contributed by atoms with van der Waals surface area (Å²) in [5.74, 6) is 1.39. The number of nitrogens with one attached hydrogen (secondary N) is 2. The highest BCUT2D eigenvalue weighted by Gasteiger charge is 2.16. The number of halogens is 2. The van der Waals surface area contributed by atoms with Gasteiger partial charge in [0.25, 0.3) is 0 Å². The number of piperazine rings is 1. The van der Waals surface area contributed by atoms with Gasteiger partial charge in [-0.25, -0.2) is 0 Å². The van der Waals surface area contributed by atoms with E-state index in [2.05, 4.69) is 72.8 Å². The van der Waals surface area contributed by atoms with E-state index in [1.54, 1.807) is 0 Å². The van der Waals surface area contributed by atoms with Crippen LogP contribution in [0.1, 0.15) is 12.0 Å². The molecule has 0 aromatic heterocycles. The first-order valence-corrected chi connectivity index (χ1v) is 10.1. The van der Waals surface area contributed by atoms with Crippen LogP contribution in [-0.2, 0) is 6.54 Å². The van der Waals surface area contributed by atoms with Gasteiger partial charge in [0, 0.05) is 37.2 Å². The van der Waals surface area contributed by atoms with Gasteiger partial charge in [0.1, 0.15) is 5.75 Å². The van der Waals surface area contributed by atoms with Crippen LogP contribution in [0.4, 0.5) is 0 Å². The maximum Gasteiger partial charge on any atom is 0.191 e. The van der Waals surface area contributed by atoms with E-state index in [1.807, 2.05) is 6.07 Å². The third-order valence-electron chi connectivity index (χ3n) is 3.81. The standard InChI is InChI=1S/C16H24BrIN4O/c1-21-6-8-22(9-7-21)16(19)20-12-13-3-4-15(14(17)11-13)23-10-2-5-18/h3-4,11H,2,5-10,12H2,1H3,(H2,19,20). The van der Waals surface area contributed by atoms with E-state index in [0.29, 0.717) is 12.5 Å². The second kappa shape index (κ2) is 9.68. The van der Waals surface area contributed by atoms with E-state index < -0.39 is 0 Å². The number of ether oxygens (including phenoxy) is 1. The van der Waals surface area contributed by atoms with E-state index in [1.165, 1.54) is 0 Å². The van der Waals surface area contributed by atoms with Crippen molar-refractivity contribution < 1.29 is 4.74 Å². The molecule has 2 N–H and O–H groups in total. The summed E-state index contributed by atoms with van der Waals surface area (Å²) in [4.78, 5) is 4.38. The van der Waals surface area contributed by atoms with Gasteiger partial charge in [-0.3, -0.25) is 5.41 Å². The Bertz CT molecular complexity index is 521. The van der Waals surface area contributed by atoms with Crippen LogP contribution < -0.4 is 10.1 Å². The number of likely N-dealkylation sites (N-methyl/N-ethyl adjacent to an activating group) is 1. The molecule has 1 aliphatic heterocycles. The maximum atomic E-state index is 8.17. The average molecular weight is 495 g/mol. The number of guanidine groups is 1. The average Bonchev–Trinajstić information content (AvgIpc) is 2.55. The molecule has 1 heterocycles. The van der Waals surface area contributed by atoms with Gasteiger partial charge in [-0.1, -0.05) is 28.7 Å². The molecule has 0 saturated carbocycles. The van der Waals surface area contributed by atoms with Crippen LogP contribution in [0, 0.1) is 5.41 Å². The van der Waals surface area contributed by atoms with Gasteiger partial charge < -0.3 is 19.9 Å². The number of hydrogen-bond acceptors (Lipinski definition) is 3. The minimum atomic E-state index is 0.511. The first kappa shape index (κ1) is 18.8. The highest BCUT2D eigenvalue weighted by molar-refractivity contribution is 14.1. The molecule has 1 aliphatic rings. The quantitative estimate of drug-likeness (QED) is 0.210. The summed E-state index contributed by atoms with van der Waals surface area (Å²) in [6.07, 6.45) is 1.05. The fourth-order valence-corrected chi connectivity index (χ4v) is 3.19. The third kappa shape index (κ3) is 6.11. The highest BCUT2D eigenvalue weighted by atomic mass is 127. The van der Waals surface area contributed by atoms with Gasteiger partial charge >= 0.3 is 0 Å². The van der Waals surface area contributed by atoms with Crippen LogP contribution in [0.15, 0.2) is 22.7 Å². The zero-order valence-electron chi connectivity index (χ0n) is 13.4. The Morgan fingerprint density at radius 2 is 2.09 bits per heavy atom. The van der Waals surface area contributed by atoms with E-state index in [0.717, 1.165) is 59.4 Å². The normalized spacial score (nSPS) is 15.5. The van der Waals surface area contributed by atoms with Crippen LogP contribution in [0.5, 0.6) is 5.75 Å². The van der Waals surface area contributed by atoms with Gasteiger partial charge in [0.05, 0.1) is 11.1 Å². The Labute approximate surface area is 160 Å². The van der Waals surface area contributed by atoms with Crippen molar-refractivity contribution in [2.45, 2.75) is 13.0 Å². The van der Waals surface area contributed by atoms with Crippen molar-refractivity contribution in [2.75, 3.05) is 44.3 Å². The van der Waals surface area contributed by atoms with Crippen molar-refractivity contribution >= 4 is 44.5 Å². The van der Waals surface area contributed by atoms with Gasteiger partial charge in [0.2, 0.25) is 0 Å². The molecule has 1 aromatic carbocycles. The second-order valence-electron chi connectivity index (χ2n) is 5.65. The summed E-state index contributed by atoms with van der Waals surface area (Å²) in [6.45, 7) is 5.24. The fraction of sp³-hybridized carbons (Fsp3) is 0.562. The maximum absolute atomic E-state index is 8.17. The molecular formula is C16H24BrIN4O. The van der Waals surface area contributed by atoms with E-state index >= 15 is 0 Å². The van der Waals surface area contributed by atoms with Crippen LogP contribution >= 0.6 is 38.5 Å². The summed E-state index contributed by atoms with van der Waals surface area (Å²) < 4.78 is 7.81. The summed E-state index contributed by atoms with van der Waals surface area (Å²) in [7, 11) is 2.12. The van der Waals surface area contributed by atoms with Crippen molar-refractivity contribution in [3.05, 3.63) is 28.2 Å². The number of rotatable bonds is 6. The Balaban J connectivity index is 1.81. The Hall–Kier alpha value is -0.540. The summed E-state index contributed by atoms with van der Waals surface area (Å²) in [5.41, 5.74) is 1.14. The van der Waals surface area contributed by atoms with Gasteiger partial charge in [-0.2, -0.15) is 0 Å². The molecule has 0 radical (unpaired) electrons. The minimum absolute atomic E-state index is 0.511. The predicted octanol–water partition coefficient (Wildman–Crippen LogP) is 2.92. The molecule has 0 atom stereocenters. The molecule has 0 aliphatic carbocycles. The molecule has 23 heavy (non-hydrogen) atoms. The molecule has 7 heteroatoms. The van der Waals surface area contributed by atoms with Crippen molar-refractivity contribution in [2.24, 2.45) is 0 Å². The first-order chi connectivity index (χ1) is 11.1. The Morgan fingerprint density at radius 3 is 2.74 bits per heavy atom. The molecule has 1 aromatic rings. The number of hydrogen-bond donors (Lipinski definition) is 2. The molecule has 1 saturated heterocycles. The lowest BCUT2D eigenvalue weighted by atomic mass is 10.2. The van der Waals surface area contributed by atoms with Crippen LogP contribution in [0.3, 0.4) is 0 Å². The zero-order valence-corrected chi connectivity index (χ0v) is 17.2. The topological polar surface area (TPSA) is 51.6 Å². The van der Waals surface area contributed by atoms with E-state index in [-0.39, 0.29) is 0 Å². The largest absolute Gasteiger partial charge is 0.492 e. The van der Waals surface area contributed by atoms with Crippen LogP contribution in [0.25, 0.3) is 0 Å². The number of nitrogens with zero attached hydrogens (tertiary/aromatic N) is 2. The van der Waals surface area contributed by atoms with Crippen molar-refractivity contribution in [1.29, 1.82) is 5.41 Å². The molecule has 0 bridgehead atoms. The molecule has 0 spiro atoms. The molecular weight excluding hydrogens is 471 g/mol. The van der Waals surface area contributed by atoms with Crippen molar-refractivity contribution in [3.8, 4) is 5.75 Å². The zero-order chi connectivity index (χ0) is 16.7. The smallest absolute Gasteiger partial charge is 0.191 e. The minimum Gasteiger partial charge on any atom is -0.492 e. The summed E-state index contributed by atoms with van der Waals surface area (Å²) >= 11 is 5.92. The van der Waals surface area contributed by atoms with Crippen molar-refractivity contribution in [3.63, 3.8) is 0 Å². The molecule has 0 amide bonds. The van der Waals surface area contributed by atoms with Crippen LogP contribution in [0.2, 0.25) is 0 Å². The molecule has 128 valence electrons. The molecule has 1 fully saturated rings. The summed E-state index contributed by atoms with van der Waals surface area (Å²) in [6, 6.07) is 6.10. The fourth-order valence-electron chi connectivity index (χ4n) is 2.34. The third-order valence-corrected chi connectivity index (χ3v) is 5.19. The Morgan fingerprint density at radius 1 is 1.35 bits per heavy atom. The predicted molar refractivity (Wildman–Crippen MR) is 107 cm³/mol. The monoisotopic (exact) mass is 494 g/mol. The lowest BCUT2D eigenvalue weighted by molar-refractivity contribution is 0.210. The van der Waals surface area contributed by atoms with Gasteiger partial charge in [-0.15, -0.1) is 0 Å². The van der Waals surface area contributed by atoms with Gasteiger partial charge in [0.15, 0.2) is 5.96 Å². The highest BCUT2D eigenvalue weighted by Crippen LogP contribution is 2.26. The van der Waals surface area contributed by atoms with Crippen molar-refractivity contribution in [1.82, 2.24) is 15.1 Å². The number of alkyl halides is 1. The molecule has 2 rings (SSSR count). The molecule has 0 unspecified atom stereocenters. The second-order valence-corrected chi connectivity index (χ2v) is 7.58.